The molecule has 5 nitrogen and oxygen atoms in total. The summed E-state index contributed by atoms with van der Waals surface area (Å²) < 4.78 is 5.89. The van der Waals surface area contributed by atoms with Crippen molar-refractivity contribution in [3.05, 3.63) is 52.6 Å². The van der Waals surface area contributed by atoms with Crippen molar-refractivity contribution in [1.29, 1.82) is 0 Å². The van der Waals surface area contributed by atoms with Gasteiger partial charge >= 0.3 is 5.97 Å². The number of carbonyl (C=O) groups is 3. The molecule has 0 aliphatic heterocycles. The largest absolute Gasteiger partial charge is 0.462 e. The molecule has 2 fully saturated rings. The molecule has 0 radical (unpaired) electrons. The van der Waals surface area contributed by atoms with Crippen molar-refractivity contribution in [2.75, 3.05) is 11.9 Å². The van der Waals surface area contributed by atoms with Gasteiger partial charge in [-0.2, -0.15) is 0 Å². The van der Waals surface area contributed by atoms with Gasteiger partial charge in [-0.15, -0.1) is 12.3 Å². The number of ketones is 1. The lowest BCUT2D eigenvalue weighted by atomic mass is 9.53. The Labute approximate surface area is 221 Å². The molecule has 4 aliphatic rings. The highest BCUT2D eigenvalue weighted by Crippen LogP contribution is 2.64. The number of allylic oxidation sites excluding steroid dienone is 4. The van der Waals surface area contributed by atoms with Crippen molar-refractivity contribution >= 4 is 23.3 Å². The molecule has 5 atom stereocenters. The summed E-state index contributed by atoms with van der Waals surface area (Å²) >= 11 is 0. The minimum absolute atomic E-state index is 0.00914. The predicted molar refractivity (Wildman–Crippen MR) is 146 cm³/mol. The number of fused-ring (bicyclic) bond motifs is 4. The van der Waals surface area contributed by atoms with Gasteiger partial charge in [0.25, 0.3) is 0 Å². The molecule has 0 heterocycles. The molecule has 196 valence electrons. The summed E-state index contributed by atoms with van der Waals surface area (Å²) in [6.45, 7) is 7.08. The Morgan fingerprint density at radius 1 is 1.08 bits per heavy atom. The van der Waals surface area contributed by atoms with Gasteiger partial charge in [0.1, 0.15) is 6.10 Å². The lowest BCUT2D eigenvalue weighted by Gasteiger charge is -2.52. The SMILES string of the molecule is C#CC.CC(=O)OC1CCC2C3CCC4=CC(=O)CCC4=C3C(c3ccc(N(C)C(C)=O)cc3)CC12C. The highest BCUT2D eigenvalue weighted by atomic mass is 16.5. The molecule has 37 heavy (non-hydrogen) atoms. The van der Waals surface area contributed by atoms with Crippen LogP contribution in [-0.2, 0) is 19.1 Å². The third kappa shape index (κ3) is 5.04. The normalized spacial score (nSPS) is 29.9. The number of terminal acetylenes is 1. The van der Waals surface area contributed by atoms with Crippen LogP contribution >= 0.6 is 0 Å². The summed E-state index contributed by atoms with van der Waals surface area (Å²) in [7, 11) is 1.80. The van der Waals surface area contributed by atoms with Crippen molar-refractivity contribution in [1.82, 2.24) is 0 Å². The molecule has 0 spiro atoms. The van der Waals surface area contributed by atoms with E-state index in [4.69, 9.17) is 4.74 Å². The van der Waals surface area contributed by atoms with E-state index >= 15 is 0 Å². The second kappa shape index (κ2) is 10.7. The molecule has 1 aromatic carbocycles. The molecule has 0 N–H and O–H groups in total. The summed E-state index contributed by atoms with van der Waals surface area (Å²) in [5.74, 6) is 3.51. The third-order valence-corrected chi connectivity index (χ3v) is 9.11. The molecule has 5 unspecified atom stereocenters. The molecule has 1 amide bonds. The minimum Gasteiger partial charge on any atom is -0.462 e. The number of ether oxygens (including phenoxy) is 1. The average Bonchev–Trinajstić information content (AvgIpc) is 3.18. The maximum atomic E-state index is 12.2. The van der Waals surface area contributed by atoms with Crippen LogP contribution in [0.5, 0.6) is 0 Å². The number of amides is 1. The zero-order chi connectivity index (χ0) is 26.9. The first-order chi connectivity index (χ1) is 17.6. The summed E-state index contributed by atoms with van der Waals surface area (Å²) in [4.78, 5) is 37.6. The van der Waals surface area contributed by atoms with Crippen LogP contribution in [0.2, 0.25) is 0 Å². The molecule has 1 aromatic rings. The highest BCUT2D eigenvalue weighted by molar-refractivity contribution is 5.93. The second-order valence-electron chi connectivity index (χ2n) is 11.2. The number of rotatable bonds is 3. The summed E-state index contributed by atoms with van der Waals surface area (Å²) in [6, 6.07) is 8.39. The number of benzene rings is 1. The number of anilines is 1. The predicted octanol–water partition coefficient (Wildman–Crippen LogP) is 6.14. The number of nitrogens with zero attached hydrogens (tertiary/aromatic N) is 1. The molecule has 0 bridgehead atoms. The van der Waals surface area contributed by atoms with Crippen LogP contribution in [0.25, 0.3) is 0 Å². The summed E-state index contributed by atoms with van der Waals surface area (Å²) in [5.41, 5.74) is 6.27. The third-order valence-electron chi connectivity index (χ3n) is 9.11. The fourth-order valence-electron chi connectivity index (χ4n) is 7.42. The first-order valence-corrected chi connectivity index (χ1v) is 13.5. The maximum absolute atomic E-state index is 12.2. The zero-order valence-corrected chi connectivity index (χ0v) is 22.8. The van der Waals surface area contributed by atoms with E-state index in [0.717, 1.165) is 44.2 Å². The zero-order valence-electron chi connectivity index (χ0n) is 22.8. The van der Waals surface area contributed by atoms with Crippen LogP contribution in [-0.4, -0.2) is 30.8 Å². The van der Waals surface area contributed by atoms with Crippen LogP contribution < -0.4 is 4.90 Å². The molecular weight excluding hydrogens is 462 g/mol. The van der Waals surface area contributed by atoms with Crippen molar-refractivity contribution in [2.45, 2.75) is 84.7 Å². The lowest BCUT2D eigenvalue weighted by molar-refractivity contribution is -0.154. The van der Waals surface area contributed by atoms with Gasteiger partial charge < -0.3 is 9.64 Å². The van der Waals surface area contributed by atoms with Crippen LogP contribution in [0.15, 0.2) is 47.1 Å². The standard InChI is InChI=1S/C29H35NO4.C3H4/c1-17(31)30(4)21-8-5-19(6-9-21)25-16-29(3)26(13-14-27(29)34-18(2)32)24-11-7-20-15-22(33)10-12-23(20)28(24)25;1-3-2/h5-6,8-9,15,24-27H,7,10-14,16H2,1-4H3;1H,2H3. The molecule has 0 aromatic heterocycles. The average molecular weight is 502 g/mol. The number of esters is 1. The molecule has 0 saturated heterocycles. The van der Waals surface area contributed by atoms with Crippen LogP contribution in [0.4, 0.5) is 5.69 Å². The van der Waals surface area contributed by atoms with E-state index in [2.05, 4.69) is 31.4 Å². The lowest BCUT2D eigenvalue weighted by Crippen LogP contribution is -2.46. The van der Waals surface area contributed by atoms with Crippen molar-refractivity contribution < 1.29 is 19.1 Å². The number of hydrogen-bond donors (Lipinski definition) is 0. The molecule has 4 aliphatic carbocycles. The monoisotopic (exact) mass is 501 g/mol. The van der Waals surface area contributed by atoms with E-state index < -0.39 is 0 Å². The smallest absolute Gasteiger partial charge is 0.302 e. The van der Waals surface area contributed by atoms with Crippen molar-refractivity contribution in [3.8, 4) is 12.3 Å². The minimum atomic E-state index is -0.191. The van der Waals surface area contributed by atoms with Gasteiger partial charge in [0.05, 0.1) is 0 Å². The van der Waals surface area contributed by atoms with Crippen molar-refractivity contribution in [3.63, 3.8) is 0 Å². The first kappa shape index (κ1) is 26.9. The topological polar surface area (TPSA) is 63.7 Å². The first-order valence-electron chi connectivity index (χ1n) is 13.5. The van der Waals surface area contributed by atoms with Gasteiger partial charge in [0.2, 0.25) is 5.91 Å². The van der Waals surface area contributed by atoms with Crippen LogP contribution in [0, 0.1) is 29.6 Å². The number of carbonyl (C=O) groups excluding carboxylic acids is 3. The quantitative estimate of drug-likeness (QED) is 0.369. The Morgan fingerprint density at radius 2 is 1.76 bits per heavy atom. The van der Waals surface area contributed by atoms with Crippen LogP contribution in [0.1, 0.15) is 84.1 Å². The fourth-order valence-corrected chi connectivity index (χ4v) is 7.42. The molecule has 5 rings (SSSR count). The number of hydrogen-bond acceptors (Lipinski definition) is 4. The van der Waals surface area contributed by atoms with E-state index in [1.807, 2.05) is 18.2 Å². The van der Waals surface area contributed by atoms with Gasteiger partial charge in [-0.3, -0.25) is 14.4 Å². The summed E-state index contributed by atoms with van der Waals surface area (Å²) in [5, 5.41) is 0. The Hall–Kier alpha value is -3.13. The van der Waals surface area contributed by atoms with E-state index in [1.165, 1.54) is 29.2 Å². The molecular formula is C32H39NO4. The van der Waals surface area contributed by atoms with Crippen molar-refractivity contribution in [2.24, 2.45) is 17.3 Å². The summed E-state index contributed by atoms with van der Waals surface area (Å²) in [6.07, 6.45) is 12.9. The Balaban J connectivity index is 0.00000102. The van der Waals surface area contributed by atoms with Gasteiger partial charge in [-0.25, -0.2) is 0 Å². The van der Waals surface area contributed by atoms with Gasteiger partial charge in [-0.1, -0.05) is 24.6 Å². The Morgan fingerprint density at radius 3 is 2.38 bits per heavy atom. The molecule has 2 saturated carbocycles. The van der Waals surface area contributed by atoms with Crippen LogP contribution in [0.3, 0.4) is 0 Å². The maximum Gasteiger partial charge on any atom is 0.302 e. The van der Waals surface area contributed by atoms with Gasteiger partial charge in [0.15, 0.2) is 5.78 Å². The second-order valence-corrected chi connectivity index (χ2v) is 11.2. The Kier molecular flexibility index (Phi) is 7.78. The fraction of sp³-hybridized carbons (Fsp3) is 0.531. The van der Waals surface area contributed by atoms with Gasteiger partial charge in [-0.05, 0) is 92.2 Å². The Bertz CT molecular complexity index is 1180. The van der Waals surface area contributed by atoms with Gasteiger partial charge in [0, 0.05) is 44.3 Å². The van der Waals surface area contributed by atoms with E-state index in [9.17, 15) is 14.4 Å². The van der Waals surface area contributed by atoms with E-state index in [1.54, 1.807) is 25.8 Å². The highest BCUT2D eigenvalue weighted by Gasteiger charge is 2.57. The molecule has 5 heteroatoms. The van der Waals surface area contributed by atoms with E-state index in [-0.39, 0.29) is 35.1 Å². The van der Waals surface area contributed by atoms with E-state index in [0.29, 0.717) is 18.3 Å².